The number of hydrogen-bond acceptors (Lipinski definition) is 5. The molecule has 3 N–H and O–H groups in total. The SMILES string of the molecule is COc1ccc(C(N)c2ccc(OCC(=O)NC3CCCCCCCCC3)cc2)c(OC)c1. The average Bonchev–Trinajstić information content (AvgIpc) is 2.86. The van der Waals surface area contributed by atoms with Gasteiger partial charge in [0.15, 0.2) is 6.61 Å². The number of hydrogen-bond donors (Lipinski definition) is 2. The van der Waals surface area contributed by atoms with Gasteiger partial charge in [0, 0.05) is 17.7 Å². The second-order valence-corrected chi connectivity index (χ2v) is 8.76. The van der Waals surface area contributed by atoms with Crippen LogP contribution in [0.2, 0.25) is 0 Å². The monoisotopic (exact) mass is 454 g/mol. The van der Waals surface area contributed by atoms with Crippen LogP contribution in [-0.4, -0.2) is 32.8 Å². The molecule has 1 saturated carbocycles. The molecule has 0 aliphatic heterocycles. The van der Waals surface area contributed by atoms with E-state index in [2.05, 4.69) is 5.32 Å². The molecule has 2 aromatic carbocycles. The third-order valence-corrected chi connectivity index (χ3v) is 6.36. The van der Waals surface area contributed by atoms with Gasteiger partial charge in [-0.2, -0.15) is 0 Å². The van der Waals surface area contributed by atoms with Crippen LogP contribution in [0.3, 0.4) is 0 Å². The van der Waals surface area contributed by atoms with Crippen LogP contribution < -0.4 is 25.3 Å². The summed E-state index contributed by atoms with van der Waals surface area (Å²) in [5, 5.41) is 3.17. The van der Waals surface area contributed by atoms with Crippen LogP contribution in [-0.2, 0) is 4.79 Å². The topological polar surface area (TPSA) is 82.8 Å². The first-order chi connectivity index (χ1) is 16.1. The zero-order valence-electron chi connectivity index (χ0n) is 20.0. The summed E-state index contributed by atoms with van der Waals surface area (Å²) in [6.07, 6.45) is 11.0. The molecular weight excluding hydrogens is 416 g/mol. The molecule has 0 heterocycles. The number of rotatable bonds is 8. The Morgan fingerprint density at radius 3 is 2.12 bits per heavy atom. The Hall–Kier alpha value is -2.73. The number of nitrogens with two attached hydrogens (primary N) is 1. The van der Waals surface area contributed by atoms with Gasteiger partial charge in [-0.05, 0) is 42.7 Å². The minimum Gasteiger partial charge on any atom is -0.497 e. The van der Waals surface area contributed by atoms with Crippen molar-refractivity contribution in [3.05, 3.63) is 53.6 Å². The van der Waals surface area contributed by atoms with Crippen molar-refractivity contribution in [2.24, 2.45) is 5.73 Å². The summed E-state index contributed by atoms with van der Waals surface area (Å²) >= 11 is 0. The number of carbonyl (C=O) groups excluding carboxylic acids is 1. The highest BCUT2D eigenvalue weighted by molar-refractivity contribution is 5.77. The van der Waals surface area contributed by atoms with Crippen molar-refractivity contribution in [3.63, 3.8) is 0 Å². The van der Waals surface area contributed by atoms with E-state index in [0.717, 1.165) is 29.7 Å². The summed E-state index contributed by atoms with van der Waals surface area (Å²) in [6, 6.07) is 13.1. The van der Waals surface area contributed by atoms with Crippen LogP contribution in [0, 0.1) is 0 Å². The Morgan fingerprint density at radius 2 is 1.52 bits per heavy atom. The Morgan fingerprint density at radius 1 is 0.909 bits per heavy atom. The fourth-order valence-electron chi connectivity index (χ4n) is 4.40. The lowest BCUT2D eigenvalue weighted by molar-refractivity contribution is -0.123. The van der Waals surface area contributed by atoms with Gasteiger partial charge in [0.1, 0.15) is 17.2 Å². The standard InChI is InChI=1S/C27H38N2O4/c1-31-23-16-17-24(25(18-23)32-2)27(28)20-12-14-22(15-13-20)33-19-26(30)29-21-10-8-6-4-3-5-7-9-11-21/h12-18,21,27H,3-11,19,28H2,1-2H3,(H,29,30). The Kier molecular flexibility index (Phi) is 9.88. The molecule has 2 aromatic rings. The van der Waals surface area contributed by atoms with Gasteiger partial charge in [0.2, 0.25) is 0 Å². The van der Waals surface area contributed by atoms with E-state index in [0.29, 0.717) is 11.5 Å². The third kappa shape index (κ3) is 7.67. The number of methoxy groups -OCH3 is 2. The predicted octanol–water partition coefficient (Wildman–Crippen LogP) is 5.14. The van der Waals surface area contributed by atoms with Gasteiger partial charge in [0.25, 0.3) is 5.91 Å². The number of amides is 1. The normalized spacial score (nSPS) is 16.5. The summed E-state index contributed by atoms with van der Waals surface area (Å²) in [4.78, 5) is 12.4. The van der Waals surface area contributed by atoms with Crippen molar-refractivity contribution >= 4 is 5.91 Å². The van der Waals surface area contributed by atoms with Crippen LogP contribution in [0.25, 0.3) is 0 Å². The molecule has 6 heteroatoms. The maximum atomic E-state index is 12.4. The Labute approximate surface area is 197 Å². The highest BCUT2D eigenvalue weighted by Crippen LogP contribution is 2.32. The zero-order chi connectivity index (χ0) is 23.5. The summed E-state index contributed by atoms with van der Waals surface area (Å²) in [7, 11) is 3.24. The van der Waals surface area contributed by atoms with Gasteiger partial charge in [-0.1, -0.05) is 57.1 Å². The predicted molar refractivity (Wildman–Crippen MR) is 131 cm³/mol. The van der Waals surface area contributed by atoms with Gasteiger partial charge in [-0.15, -0.1) is 0 Å². The van der Waals surface area contributed by atoms with Crippen LogP contribution in [0.15, 0.2) is 42.5 Å². The van der Waals surface area contributed by atoms with E-state index in [1.54, 1.807) is 14.2 Å². The third-order valence-electron chi connectivity index (χ3n) is 6.36. The highest BCUT2D eigenvalue weighted by atomic mass is 16.5. The van der Waals surface area contributed by atoms with Crippen molar-refractivity contribution in [1.29, 1.82) is 0 Å². The first-order valence-electron chi connectivity index (χ1n) is 12.1. The average molecular weight is 455 g/mol. The van der Waals surface area contributed by atoms with E-state index >= 15 is 0 Å². The summed E-state index contributed by atoms with van der Waals surface area (Å²) < 4.78 is 16.5. The van der Waals surface area contributed by atoms with Gasteiger partial charge in [-0.25, -0.2) is 0 Å². The summed E-state index contributed by atoms with van der Waals surface area (Å²) in [5.74, 6) is 1.99. The molecule has 6 nitrogen and oxygen atoms in total. The van der Waals surface area contributed by atoms with Crippen molar-refractivity contribution in [2.75, 3.05) is 20.8 Å². The lowest BCUT2D eigenvalue weighted by atomic mass is 9.97. The Bertz CT molecular complexity index is 859. The fourth-order valence-corrected chi connectivity index (χ4v) is 4.40. The molecule has 1 aliphatic carbocycles. The first-order valence-corrected chi connectivity index (χ1v) is 12.1. The first kappa shape index (κ1) is 24.9. The van der Waals surface area contributed by atoms with Crippen molar-refractivity contribution < 1.29 is 19.0 Å². The molecule has 1 unspecified atom stereocenters. The molecule has 0 aromatic heterocycles. The molecule has 33 heavy (non-hydrogen) atoms. The maximum Gasteiger partial charge on any atom is 0.258 e. The Balaban J connectivity index is 1.52. The van der Waals surface area contributed by atoms with Crippen LogP contribution in [0.1, 0.15) is 75.0 Å². The summed E-state index contributed by atoms with van der Waals surface area (Å²) in [6.45, 7) is 0.0220. The van der Waals surface area contributed by atoms with Crippen molar-refractivity contribution in [2.45, 2.75) is 69.9 Å². The van der Waals surface area contributed by atoms with Crippen molar-refractivity contribution in [3.8, 4) is 17.2 Å². The number of ether oxygens (including phenoxy) is 3. The fraction of sp³-hybridized carbons (Fsp3) is 0.519. The van der Waals surface area contributed by atoms with E-state index in [1.807, 2.05) is 42.5 Å². The molecule has 0 bridgehead atoms. The lowest BCUT2D eigenvalue weighted by Gasteiger charge is -2.20. The molecule has 1 amide bonds. The second kappa shape index (κ2) is 13.1. The van der Waals surface area contributed by atoms with E-state index < -0.39 is 0 Å². The highest BCUT2D eigenvalue weighted by Gasteiger charge is 2.16. The van der Waals surface area contributed by atoms with Crippen LogP contribution in [0.4, 0.5) is 0 Å². The quantitative estimate of drug-likeness (QED) is 0.577. The molecule has 0 radical (unpaired) electrons. The van der Waals surface area contributed by atoms with E-state index in [4.69, 9.17) is 19.9 Å². The molecule has 180 valence electrons. The maximum absolute atomic E-state index is 12.4. The molecule has 1 aliphatic rings. The molecule has 1 fully saturated rings. The van der Waals surface area contributed by atoms with E-state index in [1.165, 1.54) is 44.9 Å². The molecule has 1 atom stereocenters. The molecule has 0 saturated heterocycles. The lowest BCUT2D eigenvalue weighted by Crippen LogP contribution is -2.38. The number of carbonyl (C=O) groups is 1. The second-order valence-electron chi connectivity index (χ2n) is 8.76. The minimum absolute atomic E-state index is 0.0220. The summed E-state index contributed by atoms with van der Waals surface area (Å²) in [5.41, 5.74) is 8.28. The van der Waals surface area contributed by atoms with Gasteiger partial charge in [-0.3, -0.25) is 4.79 Å². The minimum atomic E-state index is -0.351. The molecule has 0 spiro atoms. The van der Waals surface area contributed by atoms with Gasteiger partial charge in [0.05, 0.1) is 20.3 Å². The van der Waals surface area contributed by atoms with Gasteiger partial charge >= 0.3 is 0 Å². The van der Waals surface area contributed by atoms with Crippen LogP contribution in [0.5, 0.6) is 17.2 Å². The zero-order valence-corrected chi connectivity index (χ0v) is 20.0. The largest absolute Gasteiger partial charge is 0.497 e. The van der Waals surface area contributed by atoms with Crippen LogP contribution >= 0.6 is 0 Å². The number of nitrogens with one attached hydrogen (secondary N) is 1. The van der Waals surface area contributed by atoms with Gasteiger partial charge < -0.3 is 25.3 Å². The van der Waals surface area contributed by atoms with E-state index in [9.17, 15) is 4.79 Å². The van der Waals surface area contributed by atoms with E-state index in [-0.39, 0.29) is 24.6 Å². The molecule has 3 rings (SSSR count). The van der Waals surface area contributed by atoms with Crippen molar-refractivity contribution in [1.82, 2.24) is 5.32 Å². The molecular formula is C27H38N2O4. The number of benzene rings is 2. The smallest absolute Gasteiger partial charge is 0.258 e.